The number of piperidine rings is 1. The molecule has 0 N–H and O–H groups in total. The van der Waals surface area contributed by atoms with E-state index >= 15 is 0 Å². The summed E-state index contributed by atoms with van der Waals surface area (Å²) in [6.07, 6.45) is 2.65. The number of rotatable bonds is 4. The van der Waals surface area contributed by atoms with Gasteiger partial charge in [0.1, 0.15) is 6.54 Å². The number of hydrogen-bond donors (Lipinski definition) is 0. The van der Waals surface area contributed by atoms with Gasteiger partial charge in [0.05, 0.1) is 19.6 Å². The molecular weight excluding hydrogens is 254 g/mol. The summed E-state index contributed by atoms with van der Waals surface area (Å²) in [5.41, 5.74) is 3.02. The summed E-state index contributed by atoms with van der Waals surface area (Å²) in [4.78, 5) is 0. The van der Waals surface area contributed by atoms with Crippen LogP contribution in [0.4, 0.5) is 0 Å². The molecule has 110 valence electrons. The van der Waals surface area contributed by atoms with Gasteiger partial charge in [-0.3, -0.25) is 0 Å². The predicted molar refractivity (Wildman–Crippen MR) is 89.1 cm³/mol. The average molecular weight is 280 g/mol. The van der Waals surface area contributed by atoms with E-state index in [1.165, 1.54) is 54.6 Å². The summed E-state index contributed by atoms with van der Waals surface area (Å²) in [7, 11) is 0. The van der Waals surface area contributed by atoms with Crippen LogP contribution in [-0.2, 0) is 6.54 Å². The maximum atomic E-state index is 2.35. The number of hydrogen-bond acceptors (Lipinski definition) is 0. The zero-order valence-electron chi connectivity index (χ0n) is 13.0. The first-order chi connectivity index (χ1) is 10.3. The molecule has 1 saturated heterocycles. The smallest absolute Gasteiger partial charge is 0.104 e. The SMILES string of the molecule is CC[N+]1(Cc2ccccc2)CCC(c2ccccc2)CC1. The van der Waals surface area contributed by atoms with E-state index in [0.29, 0.717) is 0 Å². The Morgan fingerprint density at radius 3 is 2.00 bits per heavy atom. The van der Waals surface area contributed by atoms with Gasteiger partial charge in [-0.2, -0.15) is 0 Å². The summed E-state index contributed by atoms with van der Waals surface area (Å²) >= 11 is 0. The summed E-state index contributed by atoms with van der Waals surface area (Å²) in [6.45, 7) is 7.41. The van der Waals surface area contributed by atoms with Crippen molar-refractivity contribution in [2.24, 2.45) is 0 Å². The second kappa shape index (κ2) is 6.44. The first-order valence-electron chi connectivity index (χ1n) is 8.25. The molecule has 2 aromatic carbocycles. The van der Waals surface area contributed by atoms with Gasteiger partial charge in [0.25, 0.3) is 0 Å². The molecule has 1 aliphatic rings. The minimum Gasteiger partial charge on any atom is -0.320 e. The van der Waals surface area contributed by atoms with Crippen LogP contribution in [0.5, 0.6) is 0 Å². The van der Waals surface area contributed by atoms with E-state index in [0.717, 1.165) is 5.92 Å². The molecule has 1 heteroatoms. The second-order valence-electron chi connectivity index (χ2n) is 6.43. The molecule has 0 amide bonds. The first-order valence-corrected chi connectivity index (χ1v) is 8.25. The van der Waals surface area contributed by atoms with Gasteiger partial charge in [0, 0.05) is 18.4 Å². The van der Waals surface area contributed by atoms with Crippen molar-refractivity contribution in [2.45, 2.75) is 32.2 Å². The third kappa shape index (κ3) is 3.36. The first kappa shape index (κ1) is 14.3. The normalized spacial score (nSPS) is 25.7. The summed E-state index contributed by atoms with van der Waals surface area (Å²) in [6, 6.07) is 22.1. The van der Waals surface area contributed by atoms with Crippen LogP contribution in [0.15, 0.2) is 60.7 Å². The molecular formula is C20H26N+. The van der Waals surface area contributed by atoms with Crippen LogP contribution in [0.1, 0.15) is 36.8 Å². The predicted octanol–water partition coefficient (Wildman–Crippen LogP) is 4.60. The van der Waals surface area contributed by atoms with Gasteiger partial charge in [0.15, 0.2) is 0 Å². The lowest BCUT2D eigenvalue weighted by Gasteiger charge is -2.43. The van der Waals surface area contributed by atoms with Crippen LogP contribution in [0, 0.1) is 0 Å². The van der Waals surface area contributed by atoms with E-state index in [1.807, 2.05) is 0 Å². The molecule has 0 atom stereocenters. The largest absolute Gasteiger partial charge is 0.320 e. The molecule has 2 aromatic rings. The van der Waals surface area contributed by atoms with Crippen LogP contribution in [0.3, 0.4) is 0 Å². The Morgan fingerprint density at radius 1 is 0.857 bits per heavy atom. The molecule has 0 spiro atoms. The fourth-order valence-corrected chi connectivity index (χ4v) is 3.73. The van der Waals surface area contributed by atoms with Crippen LogP contribution in [-0.4, -0.2) is 24.1 Å². The van der Waals surface area contributed by atoms with Crippen LogP contribution < -0.4 is 0 Å². The van der Waals surface area contributed by atoms with Crippen LogP contribution >= 0.6 is 0 Å². The highest BCUT2D eigenvalue weighted by Gasteiger charge is 2.33. The third-order valence-corrected chi connectivity index (χ3v) is 5.21. The number of benzene rings is 2. The van der Waals surface area contributed by atoms with E-state index in [1.54, 1.807) is 0 Å². The number of quaternary nitrogens is 1. The minimum atomic E-state index is 0.764. The third-order valence-electron chi connectivity index (χ3n) is 5.21. The molecule has 0 aromatic heterocycles. The molecule has 1 nitrogen and oxygen atoms in total. The Morgan fingerprint density at radius 2 is 1.43 bits per heavy atom. The quantitative estimate of drug-likeness (QED) is 0.718. The van der Waals surface area contributed by atoms with Crippen molar-refractivity contribution in [1.82, 2.24) is 0 Å². The molecule has 0 radical (unpaired) electrons. The topological polar surface area (TPSA) is 0 Å². The maximum Gasteiger partial charge on any atom is 0.104 e. The van der Waals surface area contributed by atoms with Gasteiger partial charge >= 0.3 is 0 Å². The Labute approximate surface area is 128 Å². The molecule has 3 rings (SSSR count). The van der Waals surface area contributed by atoms with E-state index in [9.17, 15) is 0 Å². The van der Waals surface area contributed by atoms with Gasteiger partial charge in [-0.05, 0) is 18.4 Å². The molecule has 1 fully saturated rings. The summed E-state index contributed by atoms with van der Waals surface area (Å²) in [5, 5.41) is 0. The van der Waals surface area contributed by atoms with Crippen molar-refractivity contribution in [3.8, 4) is 0 Å². The highest BCUT2D eigenvalue weighted by molar-refractivity contribution is 5.20. The molecule has 0 bridgehead atoms. The monoisotopic (exact) mass is 280 g/mol. The van der Waals surface area contributed by atoms with Crippen molar-refractivity contribution in [1.29, 1.82) is 0 Å². The fourth-order valence-electron chi connectivity index (χ4n) is 3.73. The zero-order valence-corrected chi connectivity index (χ0v) is 13.0. The zero-order chi connectivity index (χ0) is 14.5. The van der Waals surface area contributed by atoms with E-state index in [4.69, 9.17) is 0 Å². The number of nitrogens with zero attached hydrogens (tertiary/aromatic N) is 1. The van der Waals surface area contributed by atoms with Gasteiger partial charge in [-0.1, -0.05) is 60.7 Å². The lowest BCUT2D eigenvalue weighted by molar-refractivity contribution is -0.944. The van der Waals surface area contributed by atoms with Crippen LogP contribution in [0.2, 0.25) is 0 Å². The lowest BCUT2D eigenvalue weighted by Crippen LogP contribution is -2.51. The molecule has 0 aliphatic carbocycles. The lowest BCUT2D eigenvalue weighted by atomic mass is 9.88. The Hall–Kier alpha value is -1.60. The second-order valence-corrected chi connectivity index (χ2v) is 6.43. The Bertz CT molecular complexity index is 539. The van der Waals surface area contributed by atoms with Gasteiger partial charge < -0.3 is 4.48 Å². The van der Waals surface area contributed by atoms with Gasteiger partial charge in [0.2, 0.25) is 0 Å². The van der Waals surface area contributed by atoms with E-state index < -0.39 is 0 Å². The van der Waals surface area contributed by atoms with Gasteiger partial charge in [-0.25, -0.2) is 0 Å². The minimum absolute atomic E-state index is 0.764. The van der Waals surface area contributed by atoms with Crippen molar-refractivity contribution < 1.29 is 4.48 Å². The van der Waals surface area contributed by atoms with Crippen molar-refractivity contribution in [3.05, 3.63) is 71.8 Å². The molecule has 0 saturated carbocycles. The standard InChI is InChI=1S/C20H26N/c1-2-21(17-18-9-5-3-6-10-18)15-13-20(14-16-21)19-11-7-4-8-12-19/h3-12,20H,2,13-17H2,1H3/q+1. The van der Waals surface area contributed by atoms with Gasteiger partial charge in [-0.15, -0.1) is 0 Å². The highest BCUT2D eigenvalue weighted by atomic mass is 15.3. The molecule has 0 unspecified atom stereocenters. The van der Waals surface area contributed by atoms with Crippen molar-refractivity contribution in [2.75, 3.05) is 19.6 Å². The Balaban J connectivity index is 1.67. The molecule has 1 aliphatic heterocycles. The van der Waals surface area contributed by atoms with Crippen molar-refractivity contribution >= 4 is 0 Å². The van der Waals surface area contributed by atoms with Crippen molar-refractivity contribution in [3.63, 3.8) is 0 Å². The summed E-state index contributed by atoms with van der Waals surface area (Å²) < 4.78 is 1.26. The van der Waals surface area contributed by atoms with Crippen LogP contribution in [0.25, 0.3) is 0 Å². The summed E-state index contributed by atoms with van der Waals surface area (Å²) in [5.74, 6) is 0.764. The highest BCUT2D eigenvalue weighted by Crippen LogP contribution is 2.32. The fraction of sp³-hybridized carbons (Fsp3) is 0.400. The maximum absolute atomic E-state index is 2.35. The number of likely N-dealkylation sites (tertiary alicyclic amines) is 1. The van der Waals surface area contributed by atoms with E-state index in [2.05, 4.69) is 67.6 Å². The average Bonchev–Trinajstić information content (AvgIpc) is 2.57. The Kier molecular flexibility index (Phi) is 4.40. The molecule has 21 heavy (non-hydrogen) atoms. The molecule has 1 heterocycles. The van der Waals surface area contributed by atoms with E-state index in [-0.39, 0.29) is 0 Å².